The van der Waals surface area contributed by atoms with E-state index in [1.54, 1.807) is 6.07 Å². The summed E-state index contributed by atoms with van der Waals surface area (Å²) < 4.78 is 0. The van der Waals surface area contributed by atoms with Crippen LogP contribution in [0.4, 0.5) is 0 Å². The molecular formula is C12H11NO. The maximum absolute atomic E-state index is 10.6. The van der Waals surface area contributed by atoms with E-state index in [1.807, 2.05) is 26.0 Å². The monoisotopic (exact) mass is 185 g/mol. The molecule has 70 valence electrons. The van der Waals surface area contributed by atoms with Crippen LogP contribution in [0.3, 0.4) is 0 Å². The van der Waals surface area contributed by atoms with Crippen molar-refractivity contribution in [2.45, 2.75) is 13.8 Å². The molecule has 0 aliphatic carbocycles. The molecule has 0 spiro atoms. The Morgan fingerprint density at radius 1 is 1.07 bits per heavy atom. The van der Waals surface area contributed by atoms with Gasteiger partial charge in [-0.15, -0.1) is 0 Å². The molecule has 0 aliphatic heterocycles. The second-order valence-electron chi connectivity index (χ2n) is 3.45. The Morgan fingerprint density at radius 2 is 1.79 bits per heavy atom. The Morgan fingerprint density at radius 3 is 2.50 bits per heavy atom. The molecular weight excluding hydrogens is 174 g/mol. The number of rotatable bonds is 1. The number of pyridine rings is 1. The summed E-state index contributed by atoms with van der Waals surface area (Å²) in [5.41, 5.74) is 3.71. The van der Waals surface area contributed by atoms with Gasteiger partial charge in [-0.1, -0.05) is 18.2 Å². The van der Waals surface area contributed by atoms with Gasteiger partial charge in [0.25, 0.3) is 0 Å². The van der Waals surface area contributed by atoms with Crippen LogP contribution in [-0.4, -0.2) is 11.3 Å². The number of aldehydes is 1. The van der Waals surface area contributed by atoms with Gasteiger partial charge in [-0.3, -0.25) is 4.79 Å². The second-order valence-corrected chi connectivity index (χ2v) is 3.45. The summed E-state index contributed by atoms with van der Waals surface area (Å²) in [6.07, 6.45) is 0.779. The van der Waals surface area contributed by atoms with Gasteiger partial charge in [0.1, 0.15) is 5.69 Å². The highest BCUT2D eigenvalue weighted by Gasteiger charge is 2.02. The molecule has 2 aromatic rings. The second kappa shape index (κ2) is 3.22. The number of benzene rings is 1. The molecule has 1 aromatic carbocycles. The Bertz CT molecular complexity index is 503. The van der Waals surface area contributed by atoms with E-state index >= 15 is 0 Å². The van der Waals surface area contributed by atoms with Gasteiger partial charge in [0.2, 0.25) is 0 Å². The fraction of sp³-hybridized carbons (Fsp3) is 0.167. The number of carbonyl (C=O) groups is 1. The zero-order chi connectivity index (χ0) is 10.1. The molecule has 0 radical (unpaired) electrons. The third-order valence-electron chi connectivity index (χ3n) is 2.42. The summed E-state index contributed by atoms with van der Waals surface area (Å²) >= 11 is 0. The number of carbonyl (C=O) groups excluding carboxylic acids is 1. The zero-order valence-corrected chi connectivity index (χ0v) is 8.24. The van der Waals surface area contributed by atoms with Crippen molar-refractivity contribution in [3.8, 4) is 0 Å². The van der Waals surface area contributed by atoms with Crippen LogP contribution < -0.4 is 0 Å². The number of hydrogen-bond donors (Lipinski definition) is 0. The van der Waals surface area contributed by atoms with Crippen molar-refractivity contribution < 1.29 is 4.79 Å². The number of aryl methyl sites for hydroxylation is 2. The largest absolute Gasteiger partial charge is 0.296 e. The standard InChI is InChI=1S/C12H11NO/c1-8-3-4-9(2)12-11(8)6-5-10(7-14)13-12/h3-7H,1-2H3. The van der Waals surface area contributed by atoms with Crippen LogP contribution in [0.5, 0.6) is 0 Å². The normalized spacial score (nSPS) is 10.4. The molecule has 2 rings (SSSR count). The first-order valence-corrected chi connectivity index (χ1v) is 4.54. The van der Waals surface area contributed by atoms with Crippen LogP contribution in [0.1, 0.15) is 21.6 Å². The van der Waals surface area contributed by atoms with Gasteiger partial charge in [0, 0.05) is 5.39 Å². The molecule has 2 heteroatoms. The van der Waals surface area contributed by atoms with E-state index in [4.69, 9.17) is 0 Å². The Balaban J connectivity index is 2.86. The molecule has 0 amide bonds. The van der Waals surface area contributed by atoms with E-state index in [2.05, 4.69) is 11.1 Å². The highest BCUT2D eigenvalue weighted by Crippen LogP contribution is 2.19. The highest BCUT2D eigenvalue weighted by atomic mass is 16.1. The van der Waals surface area contributed by atoms with Crippen LogP contribution in [0, 0.1) is 13.8 Å². The summed E-state index contributed by atoms with van der Waals surface area (Å²) in [6.45, 7) is 4.05. The molecule has 0 fully saturated rings. The lowest BCUT2D eigenvalue weighted by molar-refractivity contribution is 0.111. The summed E-state index contributed by atoms with van der Waals surface area (Å²) in [7, 11) is 0. The lowest BCUT2D eigenvalue weighted by Crippen LogP contribution is -1.91. The van der Waals surface area contributed by atoms with E-state index in [1.165, 1.54) is 5.56 Å². The summed E-state index contributed by atoms with van der Waals surface area (Å²) in [6, 6.07) is 7.80. The topological polar surface area (TPSA) is 30.0 Å². The quantitative estimate of drug-likeness (QED) is 0.639. The van der Waals surface area contributed by atoms with Crippen LogP contribution in [-0.2, 0) is 0 Å². The van der Waals surface area contributed by atoms with E-state index in [0.29, 0.717) is 5.69 Å². The number of fused-ring (bicyclic) bond motifs is 1. The molecule has 14 heavy (non-hydrogen) atoms. The van der Waals surface area contributed by atoms with Crippen LogP contribution in [0.2, 0.25) is 0 Å². The van der Waals surface area contributed by atoms with Gasteiger partial charge >= 0.3 is 0 Å². The highest BCUT2D eigenvalue weighted by molar-refractivity contribution is 5.87. The average molecular weight is 185 g/mol. The maximum atomic E-state index is 10.6. The molecule has 0 N–H and O–H groups in total. The first-order chi connectivity index (χ1) is 6.72. The summed E-state index contributed by atoms with van der Waals surface area (Å²) in [4.78, 5) is 14.9. The first-order valence-electron chi connectivity index (χ1n) is 4.54. The van der Waals surface area contributed by atoms with Gasteiger partial charge in [-0.25, -0.2) is 4.98 Å². The smallest absolute Gasteiger partial charge is 0.168 e. The Kier molecular flexibility index (Phi) is 2.04. The van der Waals surface area contributed by atoms with Crippen LogP contribution in [0.25, 0.3) is 10.9 Å². The predicted octanol–water partition coefficient (Wildman–Crippen LogP) is 2.66. The van der Waals surface area contributed by atoms with E-state index in [9.17, 15) is 4.79 Å². The van der Waals surface area contributed by atoms with Gasteiger partial charge in [0.05, 0.1) is 5.52 Å². The van der Waals surface area contributed by atoms with Crippen molar-refractivity contribution in [1.29, 1.82) is 0 Å². The minimum Gasteiger partial charge on any atom is -0.296 e. The molecule has 0 bridgehead atoms. The van der Waals surface area contributed by atoms with Crippen molar-refractivity contribution in [2.24, 2.45) is 0 Å². The SMILES string of the molecule is Cc1ccc(C)c2nc(C=O)ccc12. The van der Waals surface area contributed by atoms with Crippen LogP contribution >= 0.6 is 0 Å². The maximum Gasteiger partial charge on any atom is 0.168 e. The molecule has 0 unspecified atom stereocenters. The molecule has 0 atom stereocenters. The summed E-state index contributed by atoms with van der Waals surface area (Å²) in [5.74, 6) is 0. The third kappa shape index (κ3) is 1.29. The first kappa shape index (κ1) is 8.88. The minimum absolute atomic E-state index is 0.492. The fourth-order valence-electron chi connectivity index (χ4n) is 1.58. The molecule has 0 saturated carbocycles. The average Bonchev–Trinajstić information content (AvgIpc) is 2.23. The van der Waals surface area contributed by atoms with Gasteiger partial charge in [-0.05, 0) is 31.0 Å². The van der Waals surface area contributed by atoms with E-state index in [-0.39, 0.29) is 0 Å². The van der Waals surface area contributed by atoms with Gasteiger partial charge in [0.15, 0.2) is 6.29 Å². The number of hydrogen-bond acceptors (Lipinski definition) is 2. The number of nitrogens with zero attached hydrogens (tertiary/aromatic N) is 1. The number of aromatic nitrogens is 1. The van der Waals surface area contributed by atoms with Crippen molar-refractivity contribution in [1.82, 2.24) is 4.98 Å². The lowest BCUT2D eigenvalue weighted by atomic mass is 10.1. The molecule has 1 heterocycles. The van der Waals surface area contributed by atoms with Crippen LogP contribution in [0.15, 0.2) is 24.3 Å². The predicted molar refractivity (Wildman–Crippen MR) is 56.6 cm³/mol. The van der Waals surface area contributed by atoms with Crippen molar-refractivity contribution >= 4 is 17.2 Å². The molecule has 0 saturated heterocycles. The van der Waals surface area contributed by atoms with E-state index in [0.717, 1.165) is 22.8 Å². The fourth-order valence-corrected chi connectivity index (χ4v) is 1.58. The van der Waals surface area contributed by atoms with Crippen molar-refractivity contribution in [2.75, 3.05) is 0 Å². The Labute approximate surface area is 82.6 Å². The minimum atomic E-state index is 0.492. The molecule has 1 aromatic heterocycles. The van der Waals surface area contributed by atoms with Gasteiger partial charge < -0.3 is 0 Å². The van der Waals surface area contributed by atoms with E-state index < -0.39 is 0 Å². The lowest BCUT2D eigenvalue weighted by Gasteiger charge is -2.04. The van der Waals surface area contributed by atoms with Crippen molar-refractivity contribution in [3.63, 3.8) is 0 Å². The van der Waals surface area contributed by atoms with Gasteiger partial charge in [-0.2, -0.15) is 0 Å². The zero-order valence-electron chi connectivity index (χ0n) is 8.24. The van der Waals surface area contributed by atoms with Crippen molar-refractivity contribution in [3.05, 3.63) is 41.1 Å². The third-order valence-corrected chi connectivity index (χ3v) is 2.42. The molecule has 0 aliphatic rings. The summed E-state index contributed by atoms with van der Waals surface area (Å²) in [5, 5.41) is 1.12. The Hall–Kier alpha value is -1.70. The molecule has 2 nitrogen and oxygen atoms in total.